The van der Waals surface area contributed by atoms with Gasteiger partial charge in [-0.25, -0.2) is 14.7 Å². The van der Waals surface area contributed by atoms with Crippen molar-refractivity contribution >= 4 is 23.4 Å². The molecule has 1 saturated carbocycles. The highest BCUT2D eigenvalue weighted by Gasteiger charge is 2.69. The largest absolute Gasteiger partial charge is 0.443 e. The van der Waals surface area contributed by atoms with Crippen LogP contribution in [0.2, 0.25) is 0 Å². The highest BCUT2D eigenvalue weighted by Crippen LogP contribution is 2.66. The maximum absolute atomic E-state index is 13.4. The van der Waals surface area contributed by atoms with Crippen molar-refractivity contribution in [2.45, 2.75) is 44.1 Å². The zero-order chi connectivity index (χ0) is 20.4. The van der Waals surface area contributed by atoms with Crippen molar-refractivity contribution in [2.24, 2.45) is 7.05 Å². The van der Waals surface area contributed by atoms with E-state index in [0.29, 0.717) is 17.7 Å². The van der Waals surface area contributed by atoms with Crippen LogP contribution in [-0.2, 0) is 22.0 Å². The molecule has 2 unspecified atom stereocenters. The molecule has 1 aromatic heterocycles. The number of fused-ring (bicyclic) bond motifs is 2. The number of nitrogens with zero attached hydrogens (tertiary/aromatic N) is 4. The number of hydrogen-bond donors (Lipinski definition) is 0. The lowest BCUT2D eigenvalue weighted by Crippen LogP contribution is -2.41. The Morgan fingerprint density at radius 1 is 1.39 bits per heavy atom. The first-order chi connectivity index (χ1) is 13.0. The zero-order valence-electron chi connectivity index (χ0n) is 16.0. The summed E-state index contributed by atoms with van der Waals surface area (Å²) >= 11 is 0. The van der Waals surface area contributed by atoms with Crippen LogP contribution in [0, 0.1) is 10.1 Å². The van der Waals surface area contributed by atoms with Crippen molar-refractivity contribution in [1.82, 2.24) is 9.55 Å². The summed E-state index contributed by atoms with van der Waals surface area (Å²) in [4.78, 5) is 42.2. The Kier molecular flexibility index (Phi) is 3.65. The summed E-state index contributed by atoms with van der Waals surface area (Å²) in [6.07, 6.45) is 3.12. The van der Waals surface area contributed by atoms with E-state index in [1.807, 2.05) is 13.2 Å². The molecule has 1 spiro atoms. The quantitative estimate of drug-likeness (QED) is 0.582. The van der Waals surface area contributed by atoms with Crippen LogP contribution in [0.3, 0.4) is 0 Å². The first kappa shape index (κ1) is 18.1. The van der Waals surface area contributed by atoms with Gasteiger partial charge in [0.2, 0.25) is 5.91 Å². The second-order valence-electron chi connectivity index (χ2n) is 8.27. The molecule has 28 heavy (non-hydrogen) atoms. The number of anilines is 1. The fourth-order valence-corrected chi connectivity index (χ4v) is 3.87. The molecule has 0 radical (unpaired) electrons. The number of non-ortho nitro benzene ring substituents is 1. The van der Waals surface area contributed by atoms with Gasteiger partial charge in [-0.3, -0.25) is 14.9 Å². The Bertz CT molecular complexity index is 1020. The average Bonchev–Trinajstić information content (AvgIpc) is 3.11. The van der Waals surface area contributed by atoms with Gasteiger partial charge in [-0.15, -0.1) is 0 Å². The van der Waals surface area contributed by atoms with E-state index in [9.17, 15) is 19.7 Å². The number of hydrogen-bond acceptors (Lipinski definition) is 6. The van der Waals surface area contributed by atoms with E-state index in [4.69, 9.17) is 4.74 Å². The van der Waals surface area contributed by atoms with E-state index >= 15 is 0 Å². The SMILES string of the molecule is Cn1cnc(C2CC23C(=O)N(C(=O)OC(C)(C)C)c2ccc([N+](=O)[O-])cc23)c1. The van der Waals surface area contributed by atoms with E-state index in [0.717, 1.165) is 10.6 Å². The van der Waals surface area contributed by atoms with Crippen LogP contribution >= 0.6 is 0 Å². The number of nitro groups is 1. The van der Waals surface area contributed by atoms with Crippen molar-refractivity contribution < 1.29 is 19.2 Å². The Labute approximate surface area is 161 Å². The number of aromatic nitrogens is 2. The van der Waals surface area contributed by atoms with Gasteiger partial charge >= 0.3 is 6.09 Å². The number of benzene rings is 1. The van der Waals surface area contributed by atoms with Gasteiger partial charge in [0, 0.05) is 31.3 Å². The Morgan fingerprint density at radius 3 is 2.68 bits per heavy atom. The summed E-state index contributed by atoms with van der Waals surface area (Å²) in [5.74, 6) is -0.665. The molecule has 146 valence electrons. The molecule has 9 heteroatoms. The van der Waals surface area contributed by atoms with Gasteiger partial charge in [-0.2, -0.15) is 0 Å². The predicted octanol–water partition coefficient (Wildman–Crippen LogP) is 3.04. The molecule has 9 nitrogen and oxygen atoms in total. The molecule has 2 aliphatic rings. The molecule has 1 aromatic carbocycles. The van der Waals surface area contributed by atoms with E-state index in [-0.39, 0.29) is 11.6 Å². The second-order valence-corrected chi connectivity index (χ2v) is 8.27. The number of carbonyl (C=O) groups excluding carboxylic acids is 2. The first-order valence-electron chi connectivity index (χ1n) is 8.89. The van der Waals surface area contributed by atoms with Gasteiger partial charge in [-0.1, -0.05) is 0 Å². The molecule has 0 saturated heterocycles. The molecule has 2 heterocycles. The zero-order valence-corrected chi connectivity index (χ0v) is 16.0. The molecule has 2 amide bonds. The number of nitro benzene ring substituents is 1. The number of imidazole rings is 1. The minimum Gasteiger partial charge on any atom is -0.443 e. The van der Waals surface area contributed by atoms with Crippen LogP contribution in [0.15, 0.2) is 30.7 Å². The molecule has 2 atom stereocenters. The minimum absolute atomic E-state index is 0.122. The molecule has 1 aliphatic heterocycles. The van der Waals surface area contributed by atoms with Crippen molar-refractivity contribution in [3.05, 3.63) is 52.1 Å². The number of imide groups is 1. The average molecular weight is 384 g/mol. The maximum atomic E-state index is 13.4. The molecule has 1 aliphatic carbocycles. The third kappa shape index (κ3) is 2.57. The van der Waals surface area contributed by atoms with Gasteiger partial charge in [0.15, 0.2) is 0 Å². The number of carbonyl (C=O) groups is 2. The maximum Gasteiger partial charge on any atom is 0.421 e. The number of amides is 2. The topological polar surface area (TPSA) is 108 Å². The molecular formula is C19H20N4O5. The van der Waals surface area contributed by atoms with Gasteiger partial charge in [0.25, 0.3) is 5.69 Å². The summed E-state index contributed by atoms with van der Waals surface area (Å²) in [5.41, 5.74) is -0.385. The van der Waals surface area contributed by atoms with E-state index in [1.165, 1.54) is 18.2 Å². The summed E-state index contributed by atoms with van der Waals surface area (Å²) in [6.45, 7) is 5.14. The summed E-state index contributed by atoms with van der Waals surface area (Å²) in [7, 11) is 1.83. The van der Waals surface area contributed by atoms with Gasteiger partial charge < -0.3 is 9.30 Å². The summed E-state index contributed by atoms with van der Waals surface area (Å²) in [6, 6.07) is 4.12. The third-order valence-electron chi connectivity index (χ3n) is 5.12. The van der Waals surface area contributed by atoms with Crippen molar-refractivity contribution in [3.63, 3.8) is 0 Å². The highest BCUT2D eigenvalue weighted by molar-refractivity contribution is 6.23. The Morgan fingerprint density at radius 2 is 2.11 bits per heavy atom. The van der Waals surface area contributed by atoms with E-state index in [1.54, 1.807) is 31.7 Å². The van der Waals surface area contributed by atoms with Gasteiger partial charge in [0.05, 0.1) is 28.0 Å². The van der Waals surface area contributed by atoms with Crippen LogP contribution in [0.5, 0.6) is 0 Å². The van der Waals surface area contributed by atoms with E-state index in [2.05, 4.69) is 4.98 Å². The standard InChI is InChI=1S/C19H20N4O5/c1-18(2,3)28-17(25)22-15-6-5-11(23(26)27)7-12(15)19(16(22)24)8-13(19)14-9-21(4)10-20-14/h5-7,9-10,13H,8H2,1-4H3. The molecule has 0 N–H and O–H groups in total. The van der Waals surface area contributed by atoms with Gasteiger partial charge in [-0.05, 0) is 38.8 Å². The van der Waals surface area contributed by atoms with Crippen molar-refractivity contribution in [2.75, 3.05) is 4.90 Å². The lowest BCUT2D eigenvalue weighted by atomic mass is 9.93. The summed E-state index contributed by atoms with van der Waals surface area (Å²) in [5, 5.41) is 11.3. The lowest BCUT2D eigenvalue weighted by molar-refractivity contribution is -0.384. The normalized spacial score (nSPS) is 23.1. The smallest absolute Gasteiger partial charge is 0.421 e. The van der Waals surface area contributed by atoms with Crippen LogP contribution in [0.1, 0.15) is 44.4 Å². The molecule has 1 fully saturated rings. The van der Waals surface area contributed by atoms with Gasteiger partial charge in [0.1, 0.15) is 5.60 Å². The molecular weight excluding hydrogens is 364 g/mol. The van der Waals surface area contributed by atoms with Crippen molar-refractivity contribution in [3.8, 4) is 0 Å². The van der Waals surface area contributed by atoms with Crippen LogP contribution in [0.4, 0.5) is 16.2 Å². The van der Waals surface area contributed by atoms with Crippen LogP contribution < -0.4 is 4.90 Å². The lowest BCUT2D eigenvalue weighted by Gasteiger charge is -2.24. The highest BCUT2D eigenvalue weighted by atomic mass is 16.6. The predicted molar refractivity (Wildman–Crippen MR) is 99.1 cm³/mol. The molecule has 4 rings (SSSR count). The number of aryl methyl sites for hydroxylation is 1. The Hall–Kier alpha value is -3.23. The fourth-order valence-electron chi connectivity index (χ4n) is 3.87. The first-order valence-corrected chi connectivity index (χ1v) is 8.89. The summed E-state index contributed by atoms with van der Waals surface area (Å²) < 4.78 is 7.18. The number of rotatable bonds is 2. The van der Waals surface area contributed by atoms with Crippen molar-refractivity contribution in [1.29, 1.82) is 0 Å². The monoisotopic (exact) mass is 384 g/mol. The minimum atomic E-state index is -1.02. The second kappa shape index (κ2) is 5.63. The van der Waals surface area contributed by atoms with Crippen LogP contribution in [-0.4, -0.2) is 32.1 Å². The van der Waals surface area contributed by atoms with E-state index < -0.39 is 27.9 Å². The molecule has 0 bridgehead atoms. The number of ether oxygens (including phenoxy) is 1. The van der Waals surface area contributed by atoms with Crippen LogP contribution in [0.25, 0.3) is 0 Å². The fraction of sp³-hybridized carbons (Fsp3) is 0.421. The Balaban J connectivity index is 1.81. The third-order valence-corrected chi connectivity index (χ3v) is 5.12. The molecule has 2 aromatic rings.